The molecule has 0 aliphatic rings. The minimum atomic E-state index is -0.343. The fourth-order valence-corrected chi connectivity index (χ4v) is 3.68. The van der Waals surface area contributed by atoms with Gasteiger partial charge in [0, 0.05) is 11.3 Å². The normalized spacial score (nSPS) is 11.7. The second-order valence-electron chi connectivity index (χ2n) is 7.74. The molecule has 0 fully saturated rings. The number of carbonyl (C=O) groups is 1. The molecule has 7 heteroatoms. The molecule has 1 atom stereocenters. The first-order valence-electron chi connectivity index (χ1n) is 10.7. The number of oxazole rings is 1. The summed E-state index contributed by atoms with van der Waals surface area (Å²) in [6.45, 7) is 4.38. The van der Waals surface area contributed by atoms with Crippen molar-refractivity contribution in [2.24, 2.45) is 0 Å². The fraction of sp³-hybridized carbons (Fsp3) is 0.192. The van der Waals surface area contributed by atoms with Crippen molar-refractivity contribution in [3.63, 3.8) is 0 Å². The molecular weight excluding hydrogens is 434 g/mol. The van der Waals surface area contributed by atoms with E-state index in [9.17, 15) is 4.79 Å². The number of methoxy groups -OCH3 is 1. The highest BCUT2D eigenvalue weighted by molar-refractivity contribution is 7.80. The van der Waals surface area contributed by atoms with Gasteiger partial charge in [0.15, 0.2) is 10.7 Å². The SMILES string of the molecule is CC[C@H](C)c1ccc2oc(-c3ccc(NC(=S)NC(=O)c4ccccc4OC)cc3)nc2c1. The molecule has 0 aliphatic carbocycles. The Morgan fingerprint density at radius 2 is 1.88 bits per heavy atom. The number of thiocarbonyl (C=S) groups is 1. The first kappa shape index (κ1) is 22.5. The van der Waals surface area contributed by atoms with Gasteiger partial charge in [-0.1, -0.05) is 32.0 Å². The molecule has 0 saturated carbocycles. The molecule has 33 heavy (non-hydrogen) atoms. The lowest BCUT2D eigenvalue weighted by Crippen LogP contribution is -2.34. The van der Waals surface area contributed by atoms with Crippen LogP contribution < -0.4 is 15.4 Å². The Bertz CT molecular complexity index is 1300. The van der Waals surface area contributed by atoms with Gasteiger partial charge in [-0.25, -0.2) is 4.98 Å². The number of hydrogen-bond acceptors (Lipinski definition) is 5. The lowest BCUT2D eigenvalue weighted by atomic mass is 9.98. The number of ether oxygens (including phenoxy) is 1. The van der Waals surface area contributed by atoms with E-state index in [0.717, 1.165) is 28.8 Å². The maximum absolute atomic E-state index is 12.5. The molecular formula is C26H25N3O3S. The second kappa shape index (κ2) is 9.83. The minimum Gasteiger partial charge on any atom is -0.496 e. The van der Waals surface area contributed by atoms with Gasteiger partial charge in [-0.05, 0) is 78.7 Å². The number of carbonyl (C=O) groups excluding carboxylic acids is 1. The van der Waals surface area contributed by atoms with Crippen LogP contribution in [0.4, 0.5) is 5.69 Å². The molecule has 0 saturated heterocycles. The summed E-state index contributed by atoms with van der Waals surface area (Å²) < 4.78 is 11.2. The van der Waals surface area contributed by atoms with Gasteiger partial charge < -0.3 is 14.5 Å². The highest BCUT2D eigenvalue weighted by Gasteiger charge is 2.14. The van der Waals surface area contributed by atoms with E-state index in [1.807, 2.05) is 30.3 Å². The predicted octanol–water partition coefficient (Wildman–Crippen LogP) is 6.14. The zero-order valence-corrected chi connectivity index (χ0v) is 19.5. The Morgan fingerprint density at radius 1 is 1.12 bits per heavy atom. The minimum absolute atomic E-state index is 0.193. The number of nitrogens with one attached hydrogen (secondary N) is 2. The average molecular weight is 460 g/mol. The largest absolute Gasteiger partial charge is 0.496 e. The summed E-state index contributed by atoms with van der Waals surface area (Å²) in [7, 11) is 1.52. The van der Waals surface area contributed by atoms with Gasteiger partial charge in [0.05, 0.1) is 12.7 Å². The zero-order valence-electron chi connectivity index (χ0n) is 18.7. The summed E-state index contributed by atoms with van der Waals surface area (Å²) in [5.74, 6) is 1.18. The van der Waals surface area contributed by atoms with Crippen LogP contribution in [-0.2, 0) is 0 Å². The Morgan fingerprint density at radius 3 is 2.61 bits per heavy atom. The molecule has 0 aliphatic heterocycles. The highest BCUT2D eigenvalue weighted by atomic mass is 32.1. The third kappa shape index (κ3) is 5.04. The highest BCUT2D eigenvalue weighted by Crippen LogP contribution is 2.28. The summed E-state index contributed by atoms with van der Waals surface area (Å²) in [6, 6.07) is 20.6. The van der Waals surface area contributed by atoms with E-state index in [1.165, 1.54) is 12.7 Å². The van der Waals surface area contributed by atoms with Crippen LogP contribution in [0.25, 0.3) is 22.6 Å². The summed E-state index contributed by atoms with van der Waals surface area (Å²) in [4.78, 5) is 17.2. The quantitative estimate of drug-likeness (QED) is 0.337. The smallest absolute Gasteiger partial charge is 0.261 e. The molecule has 3 aromatic carbocycles. The van der Waals surface area contributed by atoms with E-state index in [4.69, 9.17) is 21.4 Å². The van der Waals surface area contributed by atoms with Crippen LogP contribution in [0.15, 0.2) is 71.1 Å². The molecule has 0 unspecified atom stereocenters. The lowest BCUT2D eigenvalue weighted by Gasteiger charge is -2.11. The van der Waals surface area contributed by atoms with Crippen molar-refractivity contribution in [2.75, 3.05) is 12.4 Å². The number of anilines is 1. The summed E-state index contributed by atoms with van der Waals surface area (Å²) in [6.07, 6.45) is 1.08. The molecule has 168 valence electrons. The van der Waals surface area contributed by atoms with Crippen molar-refractivity contribution in [3.05, 3.63) is 77.9 Å². The number of amides is 1. The average Bonchev–Trinajstić information content (AvgIpc) is 3.27. The Hall–Kier alpha value is -3.71. The molecule has 6 nitrogen and oxygen atoms in total. The van der Waals surface area contributed by atoms with Crippen LogP contribution in [0.5, 0.6) is 5.75 Å². The van der Waals surface area contributed by atoms with Gasteiger partial charge >= 0.3 is 0 Å². The molecule has 0 spiro atoms. The van der Waals surface area contributed by atoms with Crippen molar-refractivity contribution in [3.8, 4) is 17.2 Å². The molecule has 0 bridgehead atoms. The van der Waals surface area contributed by atoms with Crippen molar-refractivity contribution in [2.45, 2.75) is 26.2 Å². The van der Waals surface area contributed by atoms with Gasteiger partial charge in [0.25, 0.3) is 5.91 Å². The van der Waals surface area contributed by atoms with Crippen molar-refractivity contribution in [1.82, 2.24) is 10.3 Å². The summed E-state index contributed by atoms with van der Waals surface area (Å²) >= 11 is 5.29. The number of para-hydroxylation sites is 1. The summed E-state index contributed by atoms with van der Waals surface area (Å²) in [5, 5.41) is 5.89. The molecule has 4 rings (SSSR count). The van der Waals surface area contributed by atoms with Gasteiger partial charge in [-0.3, -0.25) is 10.1 Å². The standard InChI is InChI=1S/C26H25N3O3S/c1-4-16(2)18-11-14-23-21(15-18)28-25(32-23)17-9-12-19(13-10-17)27-26(33)29-24(30)20-7-5-6-8-22(20)31-3/h5-16H,4H2,1-3H3,(H2,27,29,30,33)/t16-/m0/s1. The van der Waals surface area contributed by atoms with E-state index in [-0.39, 0.29) is 11.0 Å². The monoisotopic (exact) mass is 459 g/mol. The maximum Gasteiger partial charge on any atom is 0.261 e. The molecule has 2 N–H and O–H groups in total. The number of fused-ring (bicyclic) bond motifs is 1. The van der Waals surface area contributed by atoms with E-state index in [1.54, 1.807) is 24.3 Å². The molecule has 1 aromatic heterocycles. The van der Waals surface area contributed by atoms with E-state index >= 15 is 0 Å². The van der Waals surface area contributed by atoms with E-state index < -0.39 is 0 Å². The van der Waals surface area contributed by atoms with Gasteiger partial charge in [0.1, 0.15) is 11.3 Å². The molecule has 4 aromatic rings. The molecule has 1 heterocycles. The van der Waals surface area contributed by atoms with Crippen LogP contribution in [0, 0.1) is 0 Å². The van der Waals surface area contributed by atoms with E-state index in [0.29, 0.717) is 23.1 Å². The number of nitrogens with zero attached hydrogens (tertiary/aromatic N) is 1. The number of hydrogen-bond donors (Lipinski definition) is 2. The Labute approximate surface area is 198 Å². The number of benzene rings is 3. The zero-order chi connectivity index (χ0) is 23.4. The van der Waals surface area contributed by atoms with Gasteiger partial charge in [-0.15, -0.1) is 0 Å². The Balaban J connectivity index is 1.44. The lowest BCUT2D eigenvalue weighted by molar-refractivity contribution is 0.0975. The van der Waals surface area contributed by atoms with Crippen LogP contribution in [0.1, 0.15) is 42.1 Å². The number of rotatable bonds is 6. The predicted molar refractivity (Wildman–Crippen MR) is 135 cm³/mol. The molecule has 1 amide bonds. The third-order valence-corrected chi connectivity index (χ3v) is 5.77. The summed E-state index contributed by atoms with van der Waals surface area (Å²) in [5.41, 5.74) is 4.87. The third-order valence-electron chi connectivity index (χ3n) is 5.56. The van der Waals surface area contributed by atoms with Crippen LogP contribution in [0.2, 0.25) is 0 Å². The van der Waals surface area contributed by atoms with Crippen LogP contribution in [0.3, 0.4) is 0 Å². The fourth-order valence-electron chi connectivity index (χ4n) is 3.47. The molecule has 0 radical (unpaired) electrons. The van der Waals surface area contributed by atoms with Crippen LogP contribution >= 0.6 is 12.2 Å². The maximum atomic E-state index is 12.5. The first-order valence-corrected chi connectivity index (χ1v) is 11.2. The first-order chi connectivity index (χ1) is 16.0. The van der Waals surface area contributed by atoms with Crippen LogP contribution in [-0.4, -0.2) is 23.1 Å². The second-order valence-corrected chi connectivity index (χ2v) is 8.15. The number of aromatic nitrogens is 1. The van der Waals surface area contributed by atoms with Crippen molar-refractivity contribution < 1.29 is 13.9 Å². The van der Waals surface area contributed by atoms with Gasteiger partial charge in [-0.2, -0.15) is 0 Å². The Kier molecular flexibility index (Phi) is 6.70. The van der Waals surface area contributed by atoms with Crippen molar-refractivity contribution in [1.29, 1.82) is 0 Å². The van der Waals surface area contributed by atoms with E-state index in [2.05, 4.69) is 41.6 Å². The topological polar surface area (TPSA) is 76.4 Å². The van der Waals surface area contributed by atoms with Crippen molar-refractivity contribution >= 4 is 40.0 Å². The van der Waals surface area contributed by atoms with Gasteiger partial charge in [0.2, 0.25) is 5.89 Å².